The van der Waals surface area contributed by atoms with Gasteiger partial charge in [0.2, 0.25) is 0 Å². The predicted molar refractivity (Wildman–Crippen MR) is 146 cm³/mol. The van der Waals surface area contributed by atoms with Crippen LogP contribution in [0.1, 0.15) is 93.6 Å². The maximum atomic E-state index is 12.4. The molecule has 35 heavy (non-hydrogen) atoms. The van der Waals surface area contributed by atoms with Crippen molar-refractivity contribution in [2.24, 2.45) is 0 Å². The minimum atomic E-state index is -0.220. The molecule has 0 aliphatic heterocycles. The zero-order valence-electron chi connectivity index (χ0n) is 21.9. The van der Waals surface area contributed by atoms with Crippen LogP contribution in [0.5, 0.6) is 5.75 Å². The van der Waals surface area contributed by atoms with Crippen LogP contribution in [-0.2, 0) is 17.6 Å². The molecule has 0 N–H and O–H groups in total. The highest BCUT2D eigenvalue weighted by atomic mass is 16.5. The number of aryl methyl sites for hydroxylation is 2. The van der Waals surface area contributed by atoms with E-state index in [0.717, 1.165) is 44.5 Å². The molecular weight excluding hydrogens is 432 g/mol. The predicted octanol–water partition coefficient (Wildman–Crippen LogP) is 8.71. The highest BCUT2D eigenvalue weighted by Gasteiger charge is 2.12. The molecule has 3 aromatic carbocycles. The lowest BCUT2D eigenvalue weighted by Gasteiger charge is -2.13. The SMILES string of the molecule is CCCCCCC(C)OC(=O)c1ccc(CCc2ccc3cc(OCCCCC)ccc3c2)cc1. The second-order valence-electron chi connectivity index (χ2n) is 9.66. The number of unbranched alkanes of at least 4 members (excludes halogenated alkanes) is 5. The van der Waals surface area contributed by atoms with Crippen molar-refractivity contribution in [3.8, 4) is 5.75 Å². The molecule has 1 atom stereocenters. The fraction of sp³-hybridized carbons (Fsp3) is 0.469. The fourth-order valence-electron chi connectivity index (χ4n) is 4.33. The number of ether oxygens (including phenoxy) is 2. The van der Waals surface area contributed by atoms with Crippen molar-refractivity contribution in [1.82, 2.24) is 0 Å². The van der Waals surface area contributed by atoms with Crippen molar-refractivity contribution in [3.05, 3.63) is 77.4 Å². The molecule has 188 valence electrons. The number of benzene rings is 3. The van der Waals surface area contributed by atoms with Gasteiger partial charge in [0.1, 0.15) is 5.75 Å². The van der Waals surface area contributed by atoms with E-state index < -0.39 is 0 Å². The van der Waals surface area contributed by atoms with Gasteiger partial charge in [0.15, 0.2) is 0 Å². The minimum Gasteiger partial charge on any atom is -0.494 e. The molecule has 0 bridgehead atoms. The molecule has 3 heteroatoms. The van der Waals surface area contributed by atoms with Crippen LogP contribution in [0.15, 0.2) is 60.7 Å². The van der Waals surface area contributed by atoms with Gasteiger partial charge in [-0.25, -0.2) is 4.79 Å². The van der Waals surface area contributed by atoms with Crippen LogP contribution in [0.2, 0.25) is 0 Å². The van der Waals surface area contributed by atoms with Gasteiger partial charge >= 0.3 is 5.97 Å². The Morgan fingerprint density at radius 1 is 0.743 bits per heavy atom. The Hall–Kier alpha value is -2.81. The summed E-state index contributed by atoms with van der Waals surface area (Å²) in [7, 11) is 0. The summed E-state index contributed by atoms with van der Waals surface area (Å²) in [6.45, 7) is 7.18. The van der Waals surface area contributed by atoms with Crippen molar-refractivity contribution in [2.75, 3.05) is 6.61 Å². The van der Waals surface area contributed by atoms with E-state index in [2.05, 4.69) is 50.2 Å². The summed E-state index contributed by atoms with van der Waals surface area (Å²) in [5.74, 6) is 0.730. The van der Waals surface area contributed by atoms with Crippen LogP contribution in [0.25, 0.3) is 10.8 Å². The summed E-state index contributed by atoms with van der Waals surface area (Å²) >= 11 is 0. The Bertz CT molecular complexity index is 1040. The summed E-state index contributed by atoms with van der Waals surface area (Å²) in [5, 5.41) is 2.45. The summed E-state index contributed by atoms with van der Waals surface area (Å²) < 4.78 is 11.5. The molecule has 0 aliphatic rings. The molecule has 0 aliphatic carbocycles. The standard InChI is InChI=1S/C32H42O3/c1-4-6-8-9-11-25(3)35-32(33)28-17-14-26(15-18-28)12-13-27-16-19-30-24-31(21-20-29(30)23-27)34-22-10-7-5-2/h14-21,23-25H,4-13,22H2,1-3H3. The Balaban J connectivity index is 1.48. The molecule has 0 fully saturated rings. The van der Waals surface area contributed by atoms with E-state index >= 15 is 0 Å². The van der Waals surface area contributed by atoms with Gasteiger partial charge in [0, 0.05) is 0 Å². The number of hydrogen-bond donors (Lipinski definition) is 0. The van der Waals surface area contributed by atoms with Gasteiger partial charge in [-0.1, -0.05) is 82.3 Å². The molecule has 0 spiro atoms. The number of esters is 1. The first-order chi connectivity index (χ1) is 17.1. The molecular formula is C32H42O3. The third-order valence-corrected chi connectivity index (χ3v) is 6.56. The first kappa shape index (κ1) is 26.8. The number of carbonyl (C=O) groups excluding carboxylic acids is 1. The monoisotopic (exact) mass is 474 g/mol. The van der Waals surface area contributed by atoms with Gasteiger partial charge in [0.05, 0.1) is 18.3 Å². The van der Waals surface area contributed by atoms with E-state index in [4.69, 9.17) is 9.47 Å². The summed E-state index contributed by atoms with van der Waals surface area (Å²) in [5.41, 5.74) is 3.17. The molecule has 3 nitrogen and oxygen atoms in total. The first-order valence-electron chi connectivity index (χ1n) is 13.5. The zero-order chi connectivity index (χ0) is 24.9. The largest absolute Gasteiger partial charge is 0.494 e. The molecule has 0 aromatic heterocycles. The Morgan fingerprint density at radius 3 is 2.17 bits per heavy atom. The van der Waals surface area contributed by atoms with Crippen LogP contribution >= 0.6 is 0 Å². The topological polar surface area (TPSA) is 35.5 Å². The summed E-state index contributed by atoms with van der Waals surface area (Å²) in [6.07, 6.45) is 11.1. The van der Waals surface area contributed by atoms with Gasteiger partial charge in [-0.2, -0.15) is 0 Å². The number of rotatable bonds is 15. The highest BCUT2D eigenvalue weighted by Crippen LogP contribution is 2.23. The smallest absolute Gasteiger partial charge is 0.338 e. The van der Waals surface area contributed by atoms with E-state index in [-0.39, 0.29) is 12.1 Å². The minimum absolute atomic E-state index is 0.0318. The van der Waals surface area contributed by atoms with Gasteiger partial charge in [-0.3, -0.25) is 0 Å². The van der Waals surface area contributed by atoms with Crippen LogP contribution in [0, 0.1) is 0 Å². The maximum absolute atomic E-state index is 12.4. The third-order valence-electron chi connectivity index (χ3n) is 6.56. The molecule has 0 saturated heterocycles. The lowest BCUT2D eigenvalue weighted by atomic mass is 10.0. The maximum Gasteiger partial charge on any atom is 0.338 e. The van der Waals surface area contributed by atoms with Crippen molar-refractivity contribution in [2.45, 2.75) is 91.1 Å². The molecule has 0 saturated carbocycles. The van der Waals surface area contributed by atoms with E-state index in [1.165, 1.54) is 54.0 Å². The summed E-state index contributed by atoms with van der Waals surface area (Å²) in [6, 6.07) is 20.9. The van der Waals surface area contributed by atoms with Crippen LogP contribution in [0.3, 0.4) is 0 Å². The van der Waals surface area contributed by atoms with Gasteiger partial charge in [-0.15, -0.1) is 0 Å². The molecule has 3 aromatic rings. The average Bonchev–Trinajstić information content (AvgIpc) is 2.88. The Kier molecular flexibility index (Phi) is 11.1. The van der Waals surface area contributed by atoms with E-state index in [0.29, 0.717) is 5.56 Å². The molecule has 0 heterocycles. The quantitative estimate of drug-likeness (QED) is 0.163. The normalized spacial score (nSPS) is 12.0. The molecule has 0 radical (unpaired) electrons. The molecule has 3 rings (SSSR count). The van der Waals surface area contributed by atoms with Crippen molar-refractivity contribution in [3.63, 3.8) is 0 Å². The van der Waals surface area contributed by atoms with E-state index in [1.807, 2.05) is 31.2 Å². The van der Waals surface area contributed by atoms with Crippen molar-refractivity contribution >= 4 is 16.7 Å². The van der Waals surface area contributed by atoms with E-state index in [9.17, 15) is 4.79 Å². The van der Waals surface area contributed by atoms with E-state index in [1.54, 1.807) is 0 Å². The van der Waals surface area contributed by atoms with Gasteiger partial charge < -0.3 is 9.47 Å². The highest BCUT2D eigenvalue weighted by molar-refractivity contribution is 5.89. The Morgan fingerprint density at radius 2 is 1.40 bits per heavy atom. The van der Waals surface area contributed by atoms with Crippen LogP contribution in [-0.4, -0.2) is 18.7 Å². The van der Waals surface area contributed by atoms with Crippen molar-refractivity contribution < 1.29 is 14.3 Å². The Labute approximate surface area is 211 Å². The number of hydrogen-bond acceptors (Lipinski definition) is 3. The number of carbonyl (C=O) groups is 1. The number of fused-ring (bicyclic) bond motifs is 1. The summed E-state index contributed by atoms with van der Waals surface area (Å²) in [4.78, 5) is 12.4. The molecule has 0 amide bonds. The second kappa shape index (κ2) is 14.6. The lowest BCUT2D eigenvalue weighted by Crippen LogP contribution is -2.15. The molecule has 1 unspecified atom stereocenters. The van der Waals surface area contributed by atoms with Crippen molar-refractivity contribution in [1.29, 1.82) is 0 Å². The second-order valence-corrected chi connectivity index (χ2v) is 9.66. The lowest BCUT2D eigenvalue weighted by molar-refractivity contribution is 0.0319. The van der Waals surface area contributed by atoms with Crippen LogP contribution < -0.4 is 4.74 Å². The fourth-order valence-corrected chi connectivity index (χ4v) is 4.33. The third kappa shape index (κ3) is 9.05. The van der Waals surface area contributed by atoms with Gasteiger partial charge in [-0.05, 0) is 85.2 Å². The first-order valence-corrected chi connectivity index (χ1v) is 13.5. The average molecular weight is 475 g/mol. The van der Waals surface area contributed by atoms with Gasteiger partial charge in [0.25, 0.3) is 0 Å². The van der Waals surface area contributed by atoms with Crippen LogP contribution in [0.4, 0.5) is 0 Å². The zero-order valence-corrected chi connectivity index (χ0v) is 21.9.